The summed E-state index contributed by atoms with van der Waals surface area (Å²) in [4.78, 5) is 33.3. The van der Waals surface area contributed by atoms with Crippen molar-refractivity contribution in [1.29, 1.82) is 0 Å². The van der Waals surface area contributed by atoms with Gasteiger partial charge in [-0.05, 0) is 19.1 Å². The third kappa shape index (κ3) is 2.43. The first-order valence-corrected chi connectivity index (χ1v) is 8.53. The number of thiazole rings is 1. The van der Waals surface area contributed by atoms with E-state index in [1.54, 1.807) is 12.3 Å². The van der Waals surface area contributed by atoms with Crippen LogP contribution in [0.25, 0.3) is 21.8 Å². The first-order valence-electron chi connectivity index (χ1n) is 6.90. The monoisotopic (exact) mass is 341 g/mol. The van der Waals surface area contributed by atoms with E-state index in [0.717, 1.165) is 32.5 Å². The van der Waals surface area contributed by atoms with Gasteiger partial charge in [-0.25, -0.2) is 4.98 Å². The van der Waals surface area contributed by atoms with Crippen LogP contribution in [0.2, 0.25) is 0 Å². The number of hydrogen-bond donors (Lipinski definition) is 2. The van der Waals surface area contributed by atoms with Crippen molar-refractivity contribution in [1.82, 2.24) is 9.97 Å². The fourth-order valence-corrected chi connectivity index (χ4v) is 3.91. The normalized spacial score (nSPS) is 11.2. The second-order valence-corrected chi connectivity index (χ2v) is 7.34. The number of nitrogens with one attached hydrogen (secondary N) is 2. The van der Waals surface area contributed by atoms with Crippen LogP contribution in [0.1, 0.15) is 14.5 Å². The number of hydrogen-bond acceptors (Lipinski definition) is 5. The van der Waals surface area contributed by atoms with Crippen molar-refractivity contribution in [2.24, 2.45) is 0 Å². The molecule has 4 aromatic rings. The van der Waals surface area contributed by atoms with E-state index in [9.17, 15) is 9.59 Å². The smallest absolute Gasteiger partial charge is 0.267 e. The van der Waals surface area contributed by atoms with Crippen LogP contribution in [0.15, 0.2) is 41.3 Å². The molecule has 114 valence electrons. The van der Waals surface area contributed by atoms with Crippen LogP contribution in [-0.2, 0) is 0 Å². The van der Waals surface area contributed by atoms with Gasteiger partial charge in [-0.15, -0.1) is 11.3 Å². The fourth-order valence-electron chi connectivity index (χ4n) is 2.47. The van der Waals surface area contributed by atoms with Crippen molar-refractivity contribution >= 4 is 55.5 Å². The zero-order chi connectivity index (χ0) is 16.0. The molecule has 0 saturated carbocycles. The molecule has 0 aliphatic carbocycles. The Bertz CT molecular complexity index is 1110. The molecular formula is C16H11N3O2S2. The van der Waals surface area contributed by atoms with Crippen molar-refractivity contribution < 1.29 is 4.79 Å². The van der Waals surface area contributed by atoms with Gasteiger partial charge in [0.05, 0.1) is 4.88 Å². The number of aromatic amines is 1. The number of fused-ring (bicyclic) bond motifs is 3. The second-order valence-electron chi connectivity index (χ2n) is 5.09. The minimum absolute atomic E-state index is 0.154. The molecule has 5 nitrogen and oxygen atoms in total. The van der Waals surface area contributed by atoms with Crippen LogP contribution in [0.5, 0.6) is 0 Å². The van der Waals surface area contributed by atoms with Gasteiger partial charge in [-0.3, -0.25) is 14.9 Å². The molecule has 1 amide bonds. The van der Waals surface area contributed by atoms with Gasteiger partial charge in [0.1, 0.15) is 5.52 Å². The van der Waals surface area contributed by atoms with Crippen molar-refractivity contribution in [3.63, 3.8) is 0 Å². The maximum absolute atomic E-state index is 12.4. The number of carbonyl (C=O) groups excluding carboxylic acids is 1. The van der Waals surface area contributed by atoms with Crippen molar-refractivity contribution in [2.75, 3.05) is 5.32 Å². The van der Waals surface area contributed by atoms with Crippen molar-refractivity contribution in [3.8, 4) is 0 Å². The molecule has 0 unspecified atom stereocenters. The standard InChI is InChI=1S/C16H11N3O2S2/c1-8-7-17-16(22-8)19-14(20)12-6-10-9-4-2-3-5-11(9)18-13(10)15(21)23-12/h2-7,18H,1H3,(H,17,19,20). The Kier molecular flexibility index (Phi) is 3.24. The van der Waals surface area contributed by atoms with Gasteiger partial charge < -0.3 is 4.98 Å². The lowest BCUT2D eigenvalue weighted by molar-refractivity contribution is 0.103. The Morgan fingerprint density at radius 3 is 2.83 bits per heavy atom. The number of H-pyrrole nitrogens is 1. The number of para-hydroxylation sites is 1. The molecule has 0 bridgehead atoms. The van der Waals surface area contributed by atoms with E-state index in [4.69, 9.17) is 0 Å². The van der Waals surface area contributed by atoms with E-state index < -0.39 is 0 Å². The number of anilines is 1. The summed E-state index contributed by atoms with van der Waals surface area (Å²) >= 11 is 2.33. The molecule has 0 aliphatic heterocycles. The molecule has 4 rings (SSSR count). The summed E-state index contributed by atoms with van der Waals surface area (Å²) in [5.41, 5.74) is 1.43. The van der Waals surface area contributed by atoms with Crippen LogP contribution < -0.4 is 10.1 Å². The molecule has 3 aromatic heterocycles. The zero-order valence-corrected chi connectivity index (χ0v) is 13.7. The van der Waals surface area contributed by atoms with Crippen LogP contribution >= 0.6 is 22.7 Å². The van der Waals surface area contributed by atoms with Crippen LogP contribution in [0, 0.1) is 6.92 Å². The van der Waals surface area contributed by atoms with Crippen LogP contribution in [0.3, 0.4) is 0 Å². The number of carbonyl (C=O) groups is 1. The minimum Gasteiger partial charge on any atom is -0.351 e. The highest BCUT2D eigenvalue weighted by Gasteiger charge is 2.15. The Hall–Kier alpha value is -2.51. The molecular weight excluding hydrogens is 330 g/mol. The highest BCUT2D eigenvalue weighted by Crippen LogP contribution is 2.26. The summed E-state index contributed by atoms with van der Waals surface area (Å²) < 4.78 is -0.154. The highest BCUT2D eigenvalue weighted by atomic mass is 32.1. The Balaban J connectivity index is 1.82. The number of amides is 1. The molecule has 1 aromatic carbocycles. The molecule has 0 atom stereocenters. The predicted molar refractivity (Wildman–Crippen MR) is 94.8 cm³/mol. The van der Waals surface area contributed by atoms with E-state index in [1.807, 2.05) is 31.2 Å². The maximum atomic E-state index is 12.4. The average molecular weight is 341 g/mol. The zero-order valence-electron chi connectivity index (χ0n) is 12.0. The largest absolute Gasteiger partial charge is 0.351 e. The van der Waals surface area contributed by atoms with E-state index in [-0.39, 0.29) is 10.6 Å². The summed E-state index contributed by atoms with van der Waals surface area (Å²) in [6, 6.07) is 9.43. The van der Waals surface area contributed by atoms with Gasteiger partial charge in [0, 0.05) is 27.4 Å². The lowest BCUT2D eigenvalue weighted by Gasteiger charge is -2.01. The minimum atomic E-state index is -0.311. The van der Waals surface area contributed by atoms with E-state index in [1.165, 1.54) is 11.3 Å². The van der Waals surface area contributed by atoms with Crippen molar-refractivity contribution in [3.05, 3.63) is 55.8 Å². The summed E-state index contributed by atoms with van der Waals surface area (Å²) in [5.74, 6) is -0.311. The topological polar surface area (TPSA) is 74.8 Å². The van der Waals surface area contributed by atoms with Gasteiger partial charge in [0.25, 0.3) is 10.6 Å². The Morgan fingerprint density at radius 1 is 1.22 bits per heavy atom. The molecule has 0 saturated heterocycles. The molecule has 23 heavy (non-hydrogen) atoms. The second kappa shape index (κ2) is 5.29. The lowest BCUT2D eigenvalue weighted by atomic mass is 10.2. The fraction of sp³-hybridized carbons (Fsp3) is 0.0625. The number of aryl methyl sites for hydroxylation is 1. The molecule has 0 fully saturated rings. The van der Waals surface area contributed by atoms with Crippen molar-refractivity contribution in [2.45, 2.75) is 6.92 Å². The number of nitrogens with zero attached hydrogens (tertiary/aromatic N) is 1. The molecule has 7 heteroatoms. The first-order chi connectivity index (χ1) is 11.1. The molecule has 0 radical (unpaired) electrons. The van der Waals surface area contributed by atoms with Gasteiger partial charge in [-0.2, -0.15) is 0 Å². The molecule has 2 N–H and O–H groups in total. The summed E-state index contributed by atoms with van der Waals surface area (Å²) in [5, 5.41) is 4.98. The lowest BCUT2D eigenvalue weighted by Crippen LogP contribution is -2.12. The van der Waals surface area contributed by atoms with Gasteiger partial charge in [0.2, 0.25) is 0 Å². The third-order valence-corrected chi connectivity index (χ3v) is 5.23. The number of aromatic nitrogens is 2. The quantitative estimate of drug-likeness (QED) is 0.583. The molecule has 3 heterocycles. The Labute approximate surface area is 138 Å². The summed E-state index contributed by atoms with van der Waals surface area (Å²) in [7, 11) is 0. The summed E-state index contributed by atoms with van der Waals surface area (Å²) in [6.07, 6.45) is 1.70. The van der Waals surface area contributed by atoms with Crippen LogP contribution in [0.4, 0.5) is 5.13 Å². The predicted octanol–water partition coefficient (Wildman–Crippen LogP) is 3.76. The van der Waals surface area contributed by atoms with E-state index in [2.05, 4.69) is 15.3 Å². The first kappa shape index (κ1) is 14.1. The van der Waals surface area contributed by atoms with Crippen LogP contribution in [-0.4, -0.2) is 15.9 Å². The average Bonchev–Trinajstić information content (AvgIpc) is 3.11. The number of rotatable bonds is 2. The third-order valence-electron chi connectivity index (χ3n) is 3.49. The molecule has 0 spiro atoms. The van der Waals surface area contributed by atoms with Gasteiger partial charge in [0.15, 0.2) is 5.13 Å². The van der Waals surface area contributed by atoms with E-state index in [0.29, 0.717) is 15.5 Å². The summed E-state index contributed by atoms with van der Waals surface area (Å²) in [6.45, 7) is 1.92. The highest BCUT2D eigenvalue weighted by molar-refractivity contribution is 7.16. The van der Waals surface area contributed by atoms with E-state index >= 15 is 0 Å². The van der Waals surface area contributed by atoms with Gasteiger partial charge in [-0.1, -0.05) is 29.5 Å². The molecule has 0 aliphatic rings. The number of benzene rings is 1. The Morgan fingerprint density at radius 2 is 2.04 bits per heavy atom. The SMILES string of the molecule is Cc1cnc(NC(=O)c2cc3c([nH]c4ccccc43)c(=O)s2)s1. The maximum Gasteiger partial charge on any atom is 0.267 e. The van der Waals surface area contributed by atoms with Gasteiger partial charge >= 0.3 is 0 Å².